The van der Waals surface area contributed by atoms with E-state index in [0.29, 0.717) is 31.5 Å². The molecule has 3 aliphatic rings. The van der Waals surface area contributed by atoms with Gasteiger partial charge in [-0.05, 0) is 54.7 Å². The van der Waals surface area contributed by atoms with E-state index in [0.717, 1.165) is 22.3 Å². The first-order valence-corrected chi connectivity index (χ1v) is 12.4. The van der Waals surface area contributed by atoms with Gasteiger partial charge in [0, 0.05) is 38.5 Å². The highest BCUT2D eigenvalue weighted by molar-refractivity contribution is 6.23. The van der Waals surface area contributed by atoms with Gasteiger partial charge < -0.3 is 5.11 Å². The summed E-state index contributed by atoms with van der Waals surface area (Å²) in [6, 6.07) is 10.1. The molecule has 6 rings (SSSR count). The SMILES string of the molecule is Cn1ncc2cc(CN3CCC(O)(c4ccc5c(c4)C(=O)N(C4CCC(=O)NC4=O)C5=O)CC3)ccc21. The third-order valence-corrected chi connectivity index (χ3v) is 7.88. The van der Waals surface area contributed by atoms with Crippen LogP contribution >= 0.6 is 0 Å². The summed E-state index contributed by atoms with van der Waals surface area (Å²) in [5, 5.41) is 19.1. The van der Waals surface area contributed by atoms with Gasteiger partial charge in [-0.1, -0.05) is 12.1 Å². The number of aliphatic hydroxyl groups is 1. The third kappa shape index (κ3) is 3.93. The number of aromatic nitrogens is 2. The molecule has 10 heteroatoms. The summed E-state index contributed by atoms with van der Waals surface area (Å²) in [6.45, 7) is 2.11. The molecule has 0 aliphatic carbocycles. The summed E-state index contributed by atoms with van der Waals surface area (Å²) in [5.41, 5.74) is 2.13. The zero-order valence-electron chi connectivity index (χ0n) is 20.4. The van der Waals surface area contributed by atoms with Crippen molar-refractivity contribution >= 4 is 34.5 Å². The first-order valence-electron chi connectivity index (χ1n) is 12.4. The first kappa shape index (κ1) is 23.5. The number of amides is 4. The largest absolute Gasteiger partial charge is 0.385 e. The highest BCUT2D eigenvalue weighted by Crippen LogP contribution is 2.37. The summed E-state index contributed by atoms with van der Waals surface area (Å²) < 4.78 is 1.85. The lowest BCUT2D eigenvalue weighted by molar-refractivity contribution is -0.136. The number of imide groups is 2. The fraction of sp³-hybridized carbons (Fsp3) is 0.370. The van der Waals surface area contributed by atoms with Crippen LogP contribution in [0.15, 0.2) is 42.6 Å². The van der Waals surface area contributed by atoms with Crippen molar-refractivity contribution < 1.29 is 24.3 Å². The molecule has 1 atom stereocenters. The number of carbonyl (C=O) groups excluding carboxylic acids is 4. The predicted molar refractivity (Wildman–Crippen MR) is 132 cm³/mol. The Labute approximate surface area is 212 Å². The van der Waals surface area contributed by atoms with Crippen LogP contribution < -0.4 is 5.32 Å². The van der Waals surface area contributed by atoms with Gasteiger partial charge in [0.05, 0.1) is 28.4 Å². The zero-order valence-corrected chi connectivity index (χ0v) is 20.4. The standard InChI is InChI=1S/C27H27N5O5/c1-30-21-5-2-16(12-17(21)14-28-30)15-31-10-8-27(37,9-11-31)18-3-4-19-20(13-18)26(36)32(25(19)35)22-6-7-23(33)29-24(22)34/h2-5,12-14,22,37H,6-11,15H2,1H3,(H,29,33,34). The quantitative estimate of drug-likeness (QED) is 0.519. The lowest BCUT2D eigenvalue weighted by atomic mass is 9.83. The van der Waals surface area contributed by atoms with E-state index >= 15 is 0 Å². The second-order valence-electron chi connectivity index (χ2n) is 10.2. The van der Waals surface area contributed by atoms with E-state index in [1.807, 2.05) is 17.9 Å². The molecule has 1 aromatic heterocycles. The summed E-state index contributed by atoms with van der Waals surface area (Å²) >= 11 is 0. The number of piperidine rings is 2. The van der Waals surface area contributed by atoms with Crippen molar-refractivity contribution in [3.05, 3.63) is 64.8 Å². The normalized spacial score (nSPS) is 22.0. The zero-order chi connectivity index (χ0) is 25.9. The van der Waals surface area contributed by atoms with Crippen LogP contribution in [0, 0.1) is 0 Å². The molecular weight excluding hydrogens is 474 g/mol. The van der Waals surface area contributed by atoms with Crippen LogP contribution in [0.3, 0.4) is 0 Å². The number of rotatable bonds is 4. The van der Waals surface area contributed by atoms with Crippen LogP contribution in [-0.4, -0.2) is 67.4 Å². The Balaban J connectivity index is 1.16. The Kier molecular flexibility index (Phi) is 5.46. The molecule has 3 aliphatic heterocycles. The number of benzene rings is 2. The average Bonchev–Trinajstić information content (AvgIpc) is 3.37. The van der Waals surface area contributed by atoms with E-state index in [-0.39, 0.29) is 24.0 Å². The van der Waals surface area contributed by atoms with Crippen LogP contribution in [0.5, 0.6) is 0 Å². The van der Waals surface area contributed by atoms with Crippen molar-refractivity contribution in [2.75, 3.05) is 13.1 Å². The van der Waals surface area contributed by atoms with Gasteiger partial charge in [0.15, 0.2) is 0 Å². The third-order valence-electron chi connectivity index (χ3n) is 7.88. The van der Waals surface area contributed by atoms with Crippen LogP contribution in [0.2, 0.25) is 0 Å². The van der Waals surface area contributed by atoms with Crippen LogP contribution in [0.1, 0.15) is 57.5 Å². The molecule has 1 unspecified atom stereocenters. The summed E-state index contributed by atoms with van der Waals surface area (Å²) in [6.07, 6.45) is 3.01. The van der Waals surface area contributed by atoms with Gasteiger partial charge in [-0.3, -0.25) is 39.0 Å². The smallest absolute Gasteiger partial charge is 0.262 e. The molecule has 2 aromatic carbocycles. The number of nitrogens with zero attached hydrogens (tertiary/aromatic N) is 4. The molecule has 3 aromatic rings. The fourth-order valence-electron chi connectivity index (χ4n) is 5.70. The van der Waals surface area contributed by atoms with E-state index in [1.165, 1.54) is 5.56 Å². The van der Waals surface area contributed by atoms with E-state index in [2.05, 4.69) is 33.5 Å². The van der Waals surface area contributed by atoms with Gasteiger partial charge in [0.25, 0.3) is 11.8 Å². The summed E-state index contributed by atoms with van der Waals surface area (Å²) in [5.74, 6) is -2.16. The fourth-order valence-corrected chi connectivity index (χ4v) is 5.70. The Hall–Kier alpha value is -3.89. The van der Waals surface area contributed by atoms with Crippen molar-refractivity contribution in [2.24, 2.45) is 7.05 Å². The van der Waals surface area contributed by atoms with Gasteiger partial charge >= 0.3 is 0 Å². The molecule has 2 saturated heterocycles. The van der Waals surface area contributed by atoms with Crippen LogP contribution in [0.4, 0.5) is 0 Å². The maximum atomic E-state index is 13.2. The van der Waals surface area contributed by atoms with Gasteiger partial charge in [0.2, 0.25) is 11.8 Å². The molecule has 0 saturated carbocycles. The van der Waals surface area contributed by atoms with Crippen LogP contribution in [-0.2, 0) is 28.8 Å². The molecule has 37 heavy (non-hydrogen) atoms. The number of fused-ring (bicyclic) bond motifs is 2. The van der Waals surface area contributed by atoms with E-state index < -0.39 is 35.3 Å². The first-order chi connectivity index (χ1) is 17.7. The maximum absolute atomic E-state index is 13.2. The van der Waals surface area contributed by atoms with Crippen molar-refractivity contribution in [3.63, 3.8) is 0 Å². The number of hydrogen-bond donors (Lipinski definition) is 2. The number of hydrogen-bond acceptors (Lipinski definition) is 7. The van der Waals surface area contributed by atoms with Crippen molar-refractivity contribution in [1.82, 2.24) is 24.9 Å². The minimum atomic E-state index is -1.12. The Morgan fingerprint density at radius 1 is 1.03 bits per heavy atom. The molecule has 0 spiro atoms. The molecule has 0 radical (unpaired) electrons. The monoisotopic (exact) mass is 501 g/mol. The lowest BCUT2D eigenvalue weighted by Gasteiger charge is -2.38. The van der Waals surface area contributed by atoms with E-state index in [4.69, 9.17) is 0 Å². The predicted octanol–water partition coefficient (Wildman–Crippen LogP) is 1.46. The molecule has 2 fully saturated rings. The minimum Gasteiger partial charge on any atom is -0.385 e. The maximum Gasteiger partial charge on any atom is 0.262 e. The van der Waals surface area contributed by atoms with Gasteiger partial charge in [-0.25, -0.2) is 0 Å². The molecule has 2 N–H and O–H groups in total. The van der Waals surface area contributed by atoms with Crippen molar-refractivity contribution in [2.45, 2.75) is 43.9 Å². The molecule has 4 amide bonds. The van der Waals surface area contributed by atoms with E-state index in [1.54, 1.807) is 18.2 Å². The van der Waals surface area contributed by atoms with Gasteiger partial charge in [0.1, 0.15) is 6.04 Å². The summed E-state index contributed by atoms with van der Waals surface area (Å²) in [7, 11) is 1.92. The van der Waals surface area contributed by atoms with E-state index in [9.17, 15) is 24.3 Å². The number of nitrogens with one attached hydrogen (secondary N) is 1. The van der Waals surface area contributed by atoms with Crippen molar-refractivity contribution in [3.8, 4) is 0 Å². The molecule has 4 heterocycles. The van der Waals surface area contributed by atoms with Gasteiger partial charge in [-0.15, -0.1) is 0 Å². The lowest BCUT2D eigenvalue weighted by Crippen LogP contribution is -2.54. The highest BCUT2D eigenvalue weighted by atomic mass is 16.3. The number of likely N-dealkylation sites (tertiary alicyclic amines) is 1. The Bertz CT molecular complexity index is 1470. The Morgan fingerprint density at radius 3 is 2.54 bits per heavy atom. The minimum absolute atomic E-state index is 0.0708. The number of aryl methyl sites for hydroxylation is 1. The second kappa shape index (κ2) is 8.60. The Morgan fingerprint density at radius 2 is 1.78 bits per heavy atom. The van der Waals surface area contributed by atoms with Crippen LogP contribution in [0.25, 0.3) is 10.9 Å². The molecule has 10 nitrogen and oxygen atoms in total. The van der Waals surface area contributed by atoms with Gasteiger partial charge in [-0.2, -0.15) is 5.10 Å². The topological polar surface area (TPSA) is 125 Å². The summed E-state index contributed by atoms with van der Waals surface area (Å²) in [4.78, 5) is 53.2. The molecular formula is C27H27N5O5. The van der Waals surface area contributed by atoms with Crippen molar-refractivity contribution in [1.29, 1.82) is 0 Å². The highest BCUT2D eigenvalue weighted by Gasteiger charge is 2.45. The number of carbonyl (C=O) groups is 4. The average molecular weight is 502 g/mol. The molecule has 190 valence electrons. The second-order valence-corrected chi connectivity index (χ2v) is 10.2. The molecule has 0 bridgehead atoms.